The average molecular weight is 609 g/mol. The zero-order chi connectivity index (χ0) is 31.9. The van der Waals surface area contributed by atoms with Crippen LogP contribution in [0.2, 0.25) is 0 Å². The fourth-order valence-electron chi connectivity index (χ4n) is 6.53. The standard InChI is InChI=1S/C35H40N6O4/c1-22(2)32-24(4)41(29-14-15-31(36-23(29)3)39-18-16-35(45-5,17-19-39)34(43)44)38-33(32)26-12-9-13-28-27(26)20-40(37-28)21-30(42)25-10-7-6-8-11-25/h6-15,20,22,30,42H,16-19,21H2,1-5H3,(H,43,44)/t30-/m0/s1. The zero-order valence-electron chi connectivity index (χ0n) is 26.4. The van der Waals surface area contributed by atoms with Gasteiger partial charge in [-0.2, -0.15) is 10.2 Å². The molecule has 0 bridgehead atoms. The minimum atomic E-state index is -1.14. The van der Waals surface area contributed by atoms with E-state index in [0.717, 1.165) is 56.2 Å². The van der Waals surface area contributed by atoms with Crippen molar-refractivity contribution in [3.63, 3.8) is 0 Å². The third-order valence-electron chi connectivity index (χ3n) is 9.08. The average Bonchev–Trinajstić information content (AvgIpc) is 3.61. The Labute approximate surface area is 262 Å². The van der Waals surface area contributed by atoms with Gasteiger partial charge < -0.3 is 19.8 Å². The number of aliphatic hydroxyl groups is 1. The van der Waals surface area contributed by atoms with Gasteiger partial charge in [0.25, 0.3) is 0 Å². The lowest BCUT2D eigenvalue weighted by Crippen LogP contribution is -2.51. The van der Waals surface area contributed by atoms with Crippen LogP contribution in [0.15, 0.2) is 66.9 Å². The molecule has 0 spiro atoms. The molecule has 0 aliphatic carbocycles. The van der Waals surface area contributed by atoms with E-state index in [1.165, 1.54) is 7.11 Å². The van der Waals surface area contributed by atoms with Gasteiger partial charge >= 0.3 is 5.97 Å². The van der Waals surface area contributed by atoms with E-state index in [1.54, 1.807) is 0 Å². The number of nitrogens with zero attached hydrogens (tertiary/aromatic N) is 6. The van der Waals surface area contributed by atoms with Gasteiger partial charge in [0.1, 0.15) is 5.82 Å². The van der Waals surface area contributed by atoms with Gasteiger partial charge in [0.15, 0.2) is 5.60 Å². The van der Waals surface area contributed by atoms with Crippen LogP contribution >= 0.6 is 0 Å². The minimum absolute atomic E-state index is 0.218. The maximum absolute atomic E-state index is 11.8. The van der Waals surface area contributed by atoms with Crippen LogP contribution < -0.4 is 4.90 Å². The highest BCUT2D eigenvalue weighted by Gasteiger charge is 2.42. The largest absolute Gasteiger partial charge is 0.479 e. The number of carbonyl (C=O) groups is 1. The Morgan fingerprint density at radius 3 is 2.38 bits per heavy atom. The Morgan fingerprint density at radius 1 is 1.00 bits per heavy atom. The van der Waals surface area contributed by atoms with Crippen molar-refractivity contribution in [2.45, 2.75) is 64.7 Å². The first-order valence-corrected chi connectivity index (χ1v) is 15.4. The molecule has 45 heavy (non-hydrogen) atoms. The summed E-state index contributed by atoms with van der Waals surface area (Å²) in [5.41, 5.74) is 6.40. The first kappa shape index (κ1) is 30.5. The number of carboxylic acids is 1. The van der Waals surface area contributed by atoms with E-state index in [0.29, 0.717) is 32.5 Å². The Balaban J connectivity index is 1.32. The molecule has 3 aromatic heterocycles. The summed E-state index contributed by atoms with van der Waals surface area (Å²) in [5, 5.41) is 31.5. The molecule has 1 aliphatic rings. The number of aromatic nitrogens is 5. The van der Waals surface area contributed by atoms with Crippen LogP contribution in [0.1, 0.15) is 61.2 Å². The van der Waals surface area contributed by atoms with Crippen molar-refractivity contribution < 1.29 is 19.7 Å². The van der Waals surface area contributed by atoms with Crippen molar-refractivity contribution in [2.75, 3.05) is 25.1 Å². The van der Waals surface area contributed by atoms with Crippen LogP contribution in [0, 0.1) is 13.8 Å². The molecule has 1 fully saturated rings. The molecule has 234 valence electrons. The highest BCUT2D eigenvalue weighted by Crippen LogP contribution is 2.37. The fourth-order valence-corrected chi connectivity index (χ4v) is 6.53. The van der Waals surface area contributed by atoms with Crippen LogP contribution in [-0.2, 0) is 16.1 Å². The molecule has 6 rings (SSSR count). The van der Waals surface area contributed by atoms with Crippen LogP contribution in [0.5, 0.6) is 0 Å². The predicted molar refractivity (Wildman–Crippen MR) is 174 cm³/mol. The summed E-state index contributed by atoms with van der Waals surface area (Å²) in [6, 6.07) is 19.7. The summed E-state index contributed by atoms with van der Waals surface area (Å²) in [6.45, 7) is 9.89. The number of fused-ring (bicyclic) bond motifs is 1. The molecule has 0 unspecified atom stereocenters. The second-order valence-corrected chi connectivity index (χ2v) is 12.2. The van der Waals surface area contributed by atoms with Crippen molar-refractivity contribution in [1.82, 2.24) is 24.5 Å². The summed E-state index contributed by atoms with van der Waals surface area (Å²) < 4.78 is 9.19. The highest BCUT2D eigenvalue weighted by molar-refractivity contribution is 5.94. The van der Waals surface area contributed by atoms with Gasteiger partial charge in [-0.05, 0) is 43.5 Å². The Hall–Kier alpha value is -4.54. The van der Waals surface area contributed by atoms with Gasteiger partial charge in [-0.1, -0.05) is 56.3 Å². The number of ether oxygens (including phenoxy) is 1. The molecule has 0 radical (unpaired) electrons. The third kappa shape index (κ3) is 5.60. The van der Waals surface area contributed by atoms with Gasteiger partial charge in [-0.25, -0.2) is 14.5 Å². The van der Waals surface area contributed by atoms with Crippen molar-refractivity contribution in [3.05, 3.63) is 89.4 Å². The SMILES string of the molecule is COC1(C(=O)O)CCN(c2ccc(-n3nc(-c4cccc5nn(C[C@H](O)c6ccccc6)cc45)c(C(C)C)c3C)c(C)n2)CC1. The number of hydrogen-bond acceptors (Lipinski definition) is 7. The molecule has 10 nitrogen and oxygen atoms in total. The number of aryl methyl sites for hydroxylation is 1. The molecule has 0 amide bonds. The highest BCUT2D eigenvalue weighted by atomic mass is 16.5. The van der Waals surface area contributed by atoms with Crippen molar-refractivity contribution in [1.29, 1.82) is 0 Å². The lowest BCUT2D eigenvalue weighted by Gasteiger charge is -2.38. The molecule has 10 heteroatoms. The van der Waals surface area contributed by atoms with Crippen LogP contribution in [0.25, 0.3) is 27.8 Å². The normalized spacial score (nSPS) is 15.6. The molecule has 5 aromatic rings. The Kier molecular flexibility index (Phi) is 8.20. The maximum Gasteiger partial charge on any atom is 0.336 e. The van der Waals surface area contributed by atoms with Crippen molar-refractivity contribution >= 4 is 22.7 Å². The Bertz CT molecular complexity index is 1840. The molecule has 2 aromatic carbocycles. The molecule has 2 N–H and O–H groups in total. The van der Waals surface area contributed by atoms with E-state index < -0.39 is 17.7 Å². The zero-order valence-corrected chi connectivity index (χ0v) is 26.4. The van der Waals surface area contributed by atoms with E-state index in [9.17, 15) is 15.0 Å². The van der Waals surface area contributed by atoms with Crippen molar-refractivity contribution in [2.24, 2.45) is 0 Å². The van der Waals surface area contributed by atoms with E-state index in [1.807, 2.05) is 77.1 Å². The second-order valence-electron chi connectivity index (χ2n) is 12.2. The molecule has 1 saturated heterocycles. The summed E-state index contributed by atoms with van der Waals surface area (Å²) in [5.74, 6) is 0.119. The lowest BCUT2D eigenvalue weighted by atomic mass is 9.91. The molecule has 1 atom stereocenters. The van der Waals surface area contributed by atoms with Gasteiger partial charge in [0.2, 0.25) is 0 Å². The summed E-state index contributed by atoms with van der Waals surface area (Å²) in [6.07, 6.45) is 2.12. The van der Waals surface area contributed by atoms with E-state index in [4.69, 9.17) is 19.9 Å². The number of benzene rings is 2. The molecule has 1 aliphatic heterocycles. The molecule has 4 heterocycles. The van der Waals surface area contributed by atoms with E-state index in [2.05, 4.69) is 31.7 Å². The van der Waals surface area contributed by atoms with E-state index in [-0.39, 0.29) is 5.92 Å². The monoisotopic (exact) mass is 608 g/mol. The lowest BCUT2D eigenvalue weighted by molar-refractivity contribution is -0.164. The topological polar surface area (TPSA) is 119 Å². The smallest absolute Gasteiger partial charge is 0.336 e. The van der Waals surface area contributed by atoms with Crippen LogP contribution in [0.3, 0.4) is 0 Å². The van der Waals surface area contributed by atoms with Gasteiger partial charge in [0.05, 0.1) is 35.2 Å². The third-order valence-corrected chi connectivity index (χ3v) is 9.08. The number of methoxy groups -OCH3 is 1. The number of hydrogen-bond donors (Lipinski definition) is 2. The quantitative estimate of drug-likeness (QED) is 0.215. The first-order chi connectivity index (χ1) is 21.6. The number of aliphatic hydroxyl groups excluding tert-OH is 1. The summed E-state index contributed by atoms with van der Waals surface area (Å²) >= 11 is 0. The number of aliphatic carboxylic acids is 1. The molecular formula is C35H40N6O4. The Morgan fingerprint density at radius 2 is 1.73 bits per heavy atom. The van der Waals surface area contributed by atoms with Crippen LogP contribution in [0.4, 0.5) is 5.82 Å². The van der Waals surface area contributed by atoms with Crippen molar-refractivity contribution in [3.8, 4) is 16.9 Å². The number of pyridine rings is 1. The summed E-state index contributed by atoms with van der Waals surface area (Å²) in [7, 11) is 1.47. The number of piperidine rings is 1. The molecule has 0 saturated carbocycles. The number of carboxylic acid groups (broad SMARTS) is 1. The predicted octanol–water partition coefficient (Wildman–Crippen LogP) is 5.83. The maximum atomic E-state index is 11.8. The van der Waals surface area contributed by atoms with Gasteiger partial charge in [-0.3, -0.25) is 4.68 Å². The van der Waals surface area contributed by atoms with E-state index >= 15 is 0 Å². The van der Waals surface area contributed by atoms with Gasteiger partial charge in [-0.15, -0.1) is 0 Å². The second kappa shape index (κ2) is 12.1. The number of rotatable bonds is 9. The fraction of sp³-hybridized carbons (Fsp3) is 0.371. The number of anilines is 1. The summed E-state index contributed by atoms with van der Waals surface area (Å²) in [4.78, 5) is 18.9. The minimum Gasteiger partial charge on any atom is -0.479 e. The van der Waals surface area contributed by atoms with Gasteiger partial charge in [0, 0.05) is 61.4 Å². The molecular weight excluding hydrogens is 568 g/mol. The first-order valence-electron chi connectivity index (χ1n) is 15.4. The van der Waals surface area contributed by atoms with Crippen LogP contribution in [-0.4, -0.2) is 66.5 Å².